The Balaban J connectivity index is 1.82. The molecule has 1 amide bonds. The van der Waals surface area contributed by atoms with Gasteiger partial charge in [0.1, 0.15) is 11.5 Å². The van der Waals surface area contributed by atoms with Crippen LogP contribution in [0.25, 0.3) is 10.9 Å². The third kappa shape index (κ3) is 3.37. The summed E-state index contributed by atoms with van der Waals surface area (Å²) in [6.07, 6.45) is -0.682. The normalized spacial score (nSPS) is 18.3. The number of benzene rings is 1. The van der Waals surface area contributed by atoms with Crippen LogP contribution < -0.4 is 0 Å². The van der Waals surface area contributed by atoms with Gasteiger partial charge in [0.15, 0.2) is 0 Å². The van der Waals surface area contributed by atoms with E-state index in [2.05, 4.69) is 20.9 Å². The molecule has 1 aromatic heterocycles. The summed E-state index contributed by atoms with van der Waals surface area (Å²) in [6, 6.07) is 4.50. The quantitative estimate of drug-likeness (QED) is 0.850. The van der Waals surface area contributed by atoms with Gasteiger partial charge in [0.25, 0.3) is 5.91 Å². The maximum absolute atomic E-state index is 13.9. The van der Waals surface area contributed by atoms with Crippen molar-refractivity contribution in [3.63, 3.8) is 0 Å². The third-order valence-corrected chi connectivity index (χ3v) is 4.17. The largest absolute Gasteiger partial charge is 0.481 e. The van der Waals surface area contributed by atoms with Gasteiger partial charge < -0.3 is 19.7 Å². The van der Waals surface area contributed by atoms with Crippen LogP contribution in [0.1, 0.15) is 16.9 Å². The van der Waals surface area contributed by atoms with E-state index in [1.807, 2.05) is 0 Å². The Bertz CT molecular complexity index is 776. The molecule has 1 atom stereocenters. The average molecular weight is 385 g/mol. The van der Waals surface area contributed by atoms with Gasteiger partial charge in [-0.15, -0.1) is 0 Å². The van der Waals surface area contributed by atoms with E-state index in [9.17, 15) is 14.0 Å². The standard InChI is InChI=1S/C15H14BrFN2O4/c16-8-3-11(17)10-6-13(18-12(10)4-8)15(22)19-1-2-23-9(7-19)5-14(20)21/h3-4,6,9,18H,1-2,5,7H2,(H,20,21). The first-order valence-electron chi connectivity index (χ1n) is 7.04. The molecule has 2 aromatic rings. The molecule has 1 fully saturated rings. The highest BCUT2D eigenvalue weighted by atomic mass is 79.9. The van der Waals surface area contributed by atoms with Gasteiger partial charge in [0.05, 0.1) is 24.6 Å². The lowest BCUT2D eigenvalue weighted by Crippen LogP contribution is -2.46. The number of fused-ring (bicyclic) bond motifs is 1. The minimum absolute atomic E-state index is 0.155. The Labute approximate surface area is 139 Å². The number of carbonyl (C=O) groups excluding carboxylic acids is 1. The van der Waals surface area contributed by atoms with Gasteiger partial charge in [0, 0.05) is 22.9 Å². The number of ether oxygens (including phenoxy) is 1. The molecule has 0 radical (unpaired) electrons. The fourth-order valence-electron chi connectivity index (χ4n) is 2.67. The van der Waals surface area contributed by atoms with Gasteiger partial charge in [-0.3, -0.25) is 9.59 Å². The highest BCUT2D eigenvalue weighted by molar-refractivity contribution is 9.10. The van der Waals surface area contributed by atoms with Crippen LogP contribution in [0.5, 0.6) is 0 Å². The number of aliphatic carboxylic acids is 1. The van der Waals surface area contributed by atoms with Gasteiger partial charge in [-0.05, 0) is 18.2 Å². The number of carboxylic acid groups (broad SMARTS) is 1. The van der Waals surface area contributed by atoms with Gasteiger partial charge >= 0.3 is 5.97 Å². The molecule has 0 aliphatic carbocycles. The fraction of sp³-hybridized carbons (Fsp3) is 0.333. The van der Waals surface area contributed by atoms with Gasteiger partial charge in [-0.1, -0.05) is 15.9 Å². The molecule has 0 bridgehead atoms. The molecule has 1 aliphatic heterocycles. The smallest absolute Gasteiger partial charge is 0.306 e. The fourth-order valence-corrected chi connectivity index (χ4v) is 3.10. The lowest BCUT2D eigenvalue weighted by atomic mass is 10.2. The number of H-pyrrole nitrogens is 1. The lowest BCUT2D eigenvalue weighted by Gasteiger charge is -2.32. The molecule has 1 aliphatic rings. The van der Waals surface area contributed by atoms with Gasteiger partial charge in [-0.2, -0.15) is 0 Å². The molecule has 1 aromatic carbocycles. The summed E-state index contributed by atoms with van der Waals surface area (Å²) in [5, 5.41) is 9.16. The summed E-state index contributed by atoms with van der Waals surface area (Å²) in [5.74, 6) is -1.69. The molecule has 122 valence electrons. The monoisotopic (exact) mass is 384 g/mol. The van der Waals surface area contributed by atoms with E-state index in [4.69, 9.17) is 9.84 Å². The van der Waals surface area contributed by atoms with Crippen molar-refractivity contribution in [1.82, 2.24) is 9.88 Å². The first kappa shape index (κ1) is 15.9. The molecule has 6 nitrogen and oxygen atoms in total. The van der Waals surface area contributed by atoms with Crippen molar-refractivity contribution in [3.05, 3.63) is 34.2 Å². The maximum Gasteiger partial charge on any atom is 0.306 e. The van der Waals surface area contributed by atoms with Crippen LogP contribution in [0, 0.1) is 5.82 Å². The van der Waals surface area contributed by atoms with Crippen LogP contribution in [0.4, 0.5) is 4.39 Å². The number of hydrogen-bond acceptors (Lipinski definition) is 3. The number of morpholine rings is 1. The summed E-state index contributed by atoms with van der Waals surface area (Å²) in [4.78, 5) is 27.8. The Morgan fingerprint density at radius 2 is 2.22 bits per heavy atom. The molecule has 3 rings (SSSR count). The first-order valence-corrected chi connectivity index (χ1v) is 7.84. The van der Waals surface area contributed by atoms with Gasteiger partial charge in [-0.25, -0.2) is 4.39 Å². The summed E-state index contributed by atoms with van der Waals surface area (Å²) >= 11 is 3.21. The van der Waals surface area contributed by atoms with E-state index in [0.717, 1.165) is 0 Å². The van der Waals surface area contributed by atoms with Crippen LogP contribution in [0.2, 0.25) is 0 Å². The van der Waals surface area contributed by atoms with Crippen molar-refractivity contribution in [2.24, 2.45) is 0 Å². The average Bonchev–Trinajstić information content (AvgIpc) is 2.90. The summed E-state index contributed by atoms with van der Waals surface area (Å²) in [7, 11) is 0. The van der Waals surface area contributed by atoms with Crippen molar-refractivity contribution in [2.45, 2.75) is 12.5 Å². The minimum atomic E-state index is -0.971. The number of aromatic amines is 1. The van der Waals surface area contributed by atoms with E-state index in [0.29, 0.717) is 21.9 Å². The summed E-state index contributed by atoms with van der Waals surface area (Å²) in [6.45, 7) is 0.854. The maximum atomic E-state index is 13.9. The zero-order valence-electron chi connectivity index (χ0n) is 12.0. The molecular formula is C15H14BrFN2O4. The molecule has 2 N–H and O–H groups in total. The van der Waals surface area contributed by atoms with Gasteiger partial charge in [0.2, 0.25) is 0 Å². The Morgan fingerprint density at radius 3 is 2.96 bits per heavy atom. The van der Waals surface area contributed by atoms with E-state index in [-0.39, 0.29) is 31.2 Å². The van der Waals surface area contributed by atoms with Crippen molar-refractivity contribution in [1.29, 1.82) is 0 Å². The number of nitrogens with zero attached hydrogens (tertiary/aromatic N) is 1. The zero-order valence-corrected chi connectivity index (χ0v) is 13.6. The summed E-state index contributed by atoms with van der Waals surface area (Å²) < 4.78 is 19.8. The Kier molecular flexibility index (Phi) is 4.36. The van der Waals surface area contributed by atoms with E-state index < -0.39 is 17.9 Å². The van der Waals surface area contributed by atoms with Crippen molar-refractivity contribution in [2.75, 3.05) is 19.7 Å². The second kappa shape index (κ2) is 6.29. The predicted octanol–water partition coefficient (Wildman–Crippen LogP) is 2.39. The number of halogens is 2. The molecule has 0 spiro atoms. The number of hydrogen-bond donors (Lipinski definition) is 2. The lowest BCUT2D eigenvalue weighted by molar-refractivity contribution is -0.141. The Morgan fingerprint density at radius 1 is 1.43 bits per heavy atom. The molecule has 2 heterocycles. The highest BCUT2D eigenvalue weighted by Gasteiger charge is 2.27. The number of amides is 1. The van der Waals surface area contributed by atoms with Crippen molar-refractivity contribution in [3.8, 4) is 0 Å². The van der Waals surface area contributed by atoms with Crippen LogP contribution in [0.3, 0.4) is 0 Å². The Hall–Kier alpha value is -1.93. The van der Waals surface area contributed by atoms with E-state index >= 15 is 0 Å². The highest BCUT2D eigenvalue weighted by Crippen LogP contribution is 2.25. The second-order valence-corrected chi connectivity index (χ2v) is 6.29. The van der Waals surface area contributed by atoms with Crippen LogP contribution in [0.15, 0.2) is 22.7 Å². The molecular weight excluding hydrogens is 371 g/mol. The first-order chi connectivity index (χ1) is 10.9. The minimum Gasteiger partial charge on any atom is -0.481 e. The van der Waals surface area contributed by atoms with E-state index in [1.165, 1.54) is 17.0 Å². The zero-order chi connectivity index (χ0) is 16.6. The topological polar surface area (TPSA) is 82.6 Å². The number of carboxylic acids is 1. The SMILES string of the molecule is O=C(O)CC1CN(C(=O)c2cc3c(F)cc(Br)cc3[nH]2)CCO1. The molecule has 1 saturated heterocycles. The van der Waals surface area contributed by atoms with Crippen LogP contribution >= 0.6 is 15.9 Å². The van der Waals surface area contributed by atoms with Crippen molar-refractivity contribution < 1.29 is 23.8 Å². The van der Waals surface area contributed by atoms with Crippen LogP contribution in [-0.2, 0) is 9.53 Å². The molecule has 23 heavy (non-hydrogen) atoms. The molecule has 1 unspecified atom stereocenters. The van der Waals surface area contributed by atoms with E-state index in [1.54, 1.807) is 6.07 Å². The number of carbonyl (C=O) groups is 2. The molecule has 0 saturated carbocycles. The van der Waals surface area contributed by atoms with Crippen molar-refractivity contribution >= 4 is 38.7 Å². The number of rotatable bonds is 3. The second-order valence-electron chi connectivity index (χ2n) is 5.37. The predicted molar refractivity (Wildman–Crippen MR) is 83.9 cm³/mol. The van der Waals surface area contributed by atoms with Crippen LogP contribution in [-0.4, -0.2) is 52.7 Å². The number of aromatic nitrogens is 1. The molecule has 8 heteroatoms. The summed E-state index contributed by atoms with van der Waals surface area (Å²) in [5.41, 5.74) is 0.795. The third-order valence-electron chi connectivity index (χ3n) is 3.71. The number of nitrogens with one attached hydrogen (secondary N) is 1.